The molecular formula is C17H27N5O3S. The van der Waals surface area contributed by atoms with Crippen molar-refractivity contribution in [2.75, 3.05) is 6.61 Å². The predicted molar refractivity (Wildman–Crippen MR) is 97.2 cm³/mol. The van der Waals surface area contributed by atoms with E-state index in [0.717, 1.165) is 24.1 Å². The van der Waals surface area contributed by atoms with E-state index in [2.05, 4.69) is 14.9 Å². The maximum atomic E-state index is 13.2. The molecule has 26 heavy (non-hydrogen) atoms. The molecule has 144 valence electrons. The number of aromatic nitrogens is 4. The molecule has 1 aliphatic rings. The van der Waals surface area contributed by atoms with Gasteiger partial charge in [0, 0.05) is 32.5 Å². The first kappa shape index (κ1) is 19.1. The van der Waals surface area contributed by atoms with Gasteiger partial charge < -0.3 is 4.74 Å². The van der Waals surface area contributed by atoms with E-state index in [1.165, 1.54) is 0 Å². The minimum atomic E-state index is -3.70. The van der Waals surface area contributed by atoms with Gasteiger partial charge in [0.15, 0.2) is 0 Å². The van der Waals surface area contributed by atoms with E-state index in [1.807, 2.05) is 27.1 Å². The van der Waals surface area contributed by atoms with E-state index >= 15 is 0 Å². The highest BCUT2D eigenvalue weighted by Crippen LogP contribution is 2.30. The van der Waals surface area contributed by atoms with Crippen molar-refractivity contribution in [3.8, 4) is 0 Å². The minimum Gasteiger partial charge on any atom is -0.372 e. The van der Waals surface area contributed by atoms with Crippen LogP contribution in [0.25, 0.3) is 0 Å². The zero-order valence-electron chi connectivity index (χ0n) is 15.8. The van der Waals surface area contributed by atoms with Crippen LogP contribution in [0.15, 0.2) is 17.3 Å². The van der Waals surface area contributed by atoms with E-state index in [1.54, 1.807) is 22.6 Å². The maximum absolute atomic E-state index is 13.2. The van der Waals surface area contributed by atoms with E-state index in [4.69, 9.17) is 4.74 Å². The lowest BCUT2D eigenvalue weighted by Crippen LogP contribution is -2.43. The fraction of sp³-hybridized carbons (Fsp3) is 0.647. The first-order valence-corrected chi connectivity index (χ1v) is 10.5. The Kier molecular flexibility index (Phi) is 5.50. The Morgan fingerprint density at radius 3 is 2.69 bits per heavy atom. The molecule has 0 amide bonds. The van der Waals surface area contributed by atoms with Gasteiger partial charge in [-0.3, -0.25) is 9.36 Å². The molecule has 3 rings (SSSR count). The van der Waals surface area contributed by atoms with Crippen LogP contribution in [0.5, 0.6) is 0 Å². The fourth-order valence-electron chi connectivity index (χ4n) is 3.61. The van der Waals surface area contributed by atoms with E-state index in [0.29, 0.717) is 30.0 Å². The molecule has 0 bridgehead atoms. The van der Waals surface area contributed by atoms with Crippen LogP contribution < -0.4 is 4.72 Å². The van der Waals surface area contributed by atoms with Crippen molar-refractivity contribution in [2.45, 2.75) is 56.6 Å². The average molecular weight is 382 g/mol. The summed E-state index contributed by atoms with van der Waals surface area (Å²) in [5.74, 6) is 0. The molecule has 3 heterocycles. The zero-order chi connectivity index (χ0) is 18.9. The van der Waals surface area contributed by atoms with Gasteiger partial charge in [-0.05, 0) is 25.7 Å². The summed E-state index contributed by atoms with van der Waals surface area (Å²) < 4.78 is 38.6. The van der Waals surface area contributed by atoms with Crippen molar-refractivity contribution in [2.24, 2.45) is 14.1 Å². The molecule has 2 atom stereocenters. The Morgan fingerprint density at radius 2 is 2.08 bits per heavy atom. The SMILES string of the molecule is CCc1nn(C)c(CC)c1S(=O)(=O)N[C@H]1CCCO[C@@H]1c1cnn(C)c1. The highest BCUT2D eigenvalue weighted by Gasteiger charge is 2.35. The second kappa shape index (κ2) is 7.50. The van der Waals surface area contributed by atoms with Crippen LogP contribution in [0.2, 0.25) is 0 Å². The zero-order valence-corrected chi connectivity index (χ0v) is 16.6. The highest BCUT2D eigenvalue weighted by molar-refractivity contribution is 7.89. The molecule has 9 heteroatoms. The van der Waals surface area contributed by atoms with Crippen LogP contribution in [0.3, 0.4) is 0 Å². The quantitative estimate of drug-likeness (QED) is 0.818. The third-order valence-corrected chi connectivity index (χ3v) is 6.43. The summed E-state index contributed by atoms with van der Waals surface area (Å²) >= 11 is 0. The van der Waals surface area contributed by atoms with Gasteiger partial charge in [-0.15, -0.1) is 0 Å². The van der Waals surface area contributed by atoms with Crippen molar-refractivity contribution in [3.05, 3.63) is 29.3 Å². The lowest BCUT2D eigenvalue weighted by atomic mass is 9.99. The Balaban J connectivity index is 1.93. The van der Waals surface area contributed by atoms with Crippen LogP contribution in [0.1, 0.15) is 49.7 Å². The molecule has 8 nitrogen and oxygen atoms in total. The number of rotatable bonds is 6. The number of nitrogens with one attached hydrogen (secondary N) is 1. The van der Waals surface area contributed by atoms with Crippen LogP contribution in [-0.2, 0) is 41.7 Å². The third kappa shape index (κ3) is 3.56. The van der Waals surface area contributed by atoms with E-state index < -0.39 is 10.0 Å². The molecule has 1 aliphatic heterocycles. The molecule has 0 saturated carbocycles. The van der Waals surface area contributed by atoms with Crippen molar-refractivity contribution in [3.63, 3.8) is 0 Å². The molecule has 0 radical (unpaired) electrons. The van der Waals surface area contributed by atoms with Crippen molar-refractivity contribution in [1.29, 1.82) is 0 Å². The summed E-state index contributed by atoms with van der Waals surface area (Å²) in [5.41, 5.74) is 2.22. The number of nitrogens with zero attached hydrogens (tertiary/aromatic N) is 4. The fourth-order valence-corrected chi connectivity index (χ4v) is 5.45. The Bertz CT molecular complexity index is 871. The molecule has 0 unspecified atom stereocenters. The second-order valence-corrected chi connectivity index (χ2v) is 8.31. The van der Waals surface area contributed by atoms with Crippen LogP contribution in [0, 0.1) is 0 Å². The number of hydrogen-bond donors (Lipinski definition) is 1. The monoisotopic (exact) mass is 381 g/mol. The number of hydrogen-bond acceptors (Lipinski definition) is 5. The highest BCUT2D eigenvalue weighted by atomic mass is 32.2. The number of sulfonamides is 1. The van der Waals surface area contributed by atoms with Gasteiger partial charge in [0.25, 0.3) is 0 Å². The van der Waals surface area contributed by atoms with Crippen molar-refractivity contribution < 1.29 is 13.2 Å². The number of aryl methyl sites for hydroxylation is 3. The molecule has 0 spiro atoms. The van der Waals surface area contributed by atoms with Gasteiger partial charge in [-0.1, -0.05) is 13.8 Å². The molecule has 1 saturated heterocycles. The van der Waals surface area contributed by atoms with Gasteiger partial charge >= 0.3 is 0 Å². The normalized spacial score (nSPS) is 21.2. The Labute approximate surface area is 154 Å². The molecule has 2 aromatic heterocycles. The van der Waals surface area contributed by atoms with Crippen molar-refractivity contribution in [1.82, 2.24) is 24.3 Å². The van der Waals surface area contributed by atoms with Gasteiger partial charge in [0.2, 0.25) is 10.0 Å². The van der Waals surface area contributed by atoms with Gasteiger partial charge in [-0.25, -0.2) is 13.1 Å². The third-order valence-electron chi connectivity index (χ3n) is 4.81. The van der Waals surface area contributed by atoms with E-state index in [9.17, 15) is 8.42 Å². The first-order chi connectivity index (χ1) is 12.4. The number of ether oxygens (including phenoxy) is 1. The second-order valence-electron chi connectivity index (χ2n) is 6.66. The summed E-state index contributed by atoms with van der Waals surface area (Å²) in [5, 5.41) is 8.58. The molecular weight excluding hydrogens is 354 g/mol. The maximum Gasteiger partial charge on any atom is 0.244 e. The average Bonchev–Trinajstić information content (AvgIpc) is 3.18. The lowest BCUT2D eigenvalue weighted by molar-refractivity contribution is -0.00447. The molecule has 1 fully saturated rings. The summed E-state index contributed by atoms with van der Waals surface area (Å²) in [6, 6.07) is -0.326. The van der Waals surface area contributed by atoms with Gasteiger partial charge in [0.1, 0.15) is 11.0 Å². The van der Waals surface area contributed by atoms with Gasteiger partial charge in [0.05, 0.1) is 23.6 Å². The standard InChI is InChI=1S/C17H27N5O3S/c1-5-13-17(15(6-2)22(4)19-13)26(23,24)20-14-8-7-9-25-16(14)12-10-18-21(3)11-12/h10-11,14,16,20H,5-9H2,1-4H3/t14-,16+/m0/s1. The summed E-state index contributed by atoms with van der Waals surface area (Å²) in [4.78, 5) is 0.320. The van der Waals surface area contributed by atoms with Crippen LogP contribution in [0.4, 0.5) is 0 Å². The minimum absolute atomic E-state index is 0.320. The summed E-state index contributed by atoms with van der Waals surface area (Å²) in [7, 11) is -0.0729. The van der Waals surface area contributed by atoms with Crippen LogP contribution >= 0.6 is 0 Å². The summed E-state index contributed by atoms with van der Waals surface area (Å²) in [6.07, 6.45) is 5.98. The van der Waals surface area contributed by atoms with Crippen LogP contribution in [-0.4, -0.2) is 40.6 Å². The smallest absolute Gasteiger partial charge is 0.244 e. The molecule has 1 N–H and O–H groups in total. The molecule has 0 aromatic carbocycles. The van der Waals surface area contributed by atoms with Crippen molar-refractivity contribution >= 4 is 10.0 Å². The summed E-state index contributed by atoms with van der Waals surface area (Å²) in [6.45, 7) is 4.48. The molecule has 0 aliphatic carbocycles. The van der Waals surface area contributed by atoms with E-state index in [-0.39, 0.29) is 12.1 Å². The lowest BCUT2D eigenvalue weighted by Gasteiger charge is -2.31. The molecule has 2 aromatic rings. The van der Waals surface area contributed by atoms with Gasteiger partial charge in [-0.2, -0.15) is 10.2 Å². The predicted octanol–water partition coefficient (Wildman–Crippen LogP) is 1.48. The Morgan fingerprint density at radius 1 is 1.31 bits per heavy atom. The first-order valence-electron chi connectivity index (χ1n) is 9.04. The Hall–Kier alpha value is -1.71. The largest absolute Gasteiger partial charge is 0.372 e. The topological polar surface area (TPSA) is 91.0 Å².